The lowest BCUT2D eigenvalue weighted by molar-refractivity contribution is -0.0575. The van der Waals surface area contributed by atoms with Gasteiger partial charge in [-0.3, -0.25) is 0 Å². The summed E-state index contributed by atoms with van der Waals surface area (Å²) in [7, 11) is 3.62. The minimum absolute atomic E-state index is 0.0484. The number of benzene rings is 2. The molecule has 1 saturated heterocycles. The lowest BCUT2D eigenvalue weighted by atomic mass is 9.73. The van der Waals surface area contributed by atoms with Crippen molar-refractivity contribution in [2.24, 2.45) is 11.8 Å². The van der Waals surface area contributed by atoms with E-state index in [0.29, 0.717) is 37.8 Å². The minimum Gasteiger partial charge on any atom is -0.457 e. The summed E-state index contributed by atoms with van der Waals surface area (Å²) in [6.07, 6.45) is 4.84. The number of aliphatic hydroxyl groups is 1. The Morgan fingerprint density at radius 3 is 2.52 bits per heavy atom. The first-order chi connectivity index (χ1) is 19.2. The van der Waals surface area contributed by atoms with Crippen molar-refractivity contribution in [3.8, 4) is 11.5 Å². The van der Waals surface area contributed by atoms with Crippen molar-refractivity contribution in [3.63, 3.8) is 0 Å². The molecule has 1 fully saturated rings. The number of carbonyl (C=O) groups excluding carboxylic acids is 1. The fourth-order valence-electron chi connectivity index (χ4n) is 5.83. The van der Waals surface area contributed by atoms with Crippen LogP contribution in [-0.2, 0) is 10.3 Å². The molecule has 3 rings (SSSR count). The second-order valence-corrected chi connectivity index (χ2v) is 11.9. The summed E-state index contributed by atoms with van der Waals surface area (Å²) in [6.45, 7) is 11.0. The van der Waals surface area contributed by atoms with Crippen molar-refractivity contribution in [3.05, 3.63) is 59.2 Å². The summed E-state index contributed by atoms with van der Waals surface area (Å²) in [5.41, 5.74) is 1.87. The van der Waals surface area contributed by atoms with Crippen molar-refractivity contribution < 1.29 is 19.4 Å². The summed E-state index contributed by atoms with van der Waals surface area (Å²) in [6, 6.07) is 14.0. The molecule has 0 saturated carbocycles. The number of nitrogens with zero attached hydrogens (tertiary/aromatic N) is 1. The number of nitrogens with one attached hydrogen (secondary N) is 2. The fraction of sp³-hybridized carbons (Fsp3) is 0.606. The molecule has 0 aliphatic carbocycles. The van der Waals surface area contributed by atoms with E-state index in [-0.39, 0.29) is 18.0 Å². The molecule has 3 atom stereocenters. The maximum atomic E-state index is 13.4. The van der Waals surface area contributed by atoms with Crippen LogP contribution in [0.4, 0.5) is 4.79 Å². The molecule has 7 heteroatoms. The van der Waals surface area contributed by atoms with Gasteiger partial charge in [0, 0.05) is 50.9 Å². The van der Waals surface area contributed by atoms with Crippen LogP contribution in [0.25, 0.3) is 0 Å². The van der Waals surface area contributed by atoms with Gasteiger partial charge in [-0.05, 0) is 89.6 Å². The maximum absolute atomic E-state index is 13.4. The molecule has 7 nitrogen and oxygen atoms in total. The van der Waals surface area contributed by atoms with Gasteiger partial charge in [0.1, 0.15) is 11.5 Å². The van der Waals surface area contributed by atoms with Gasteiger partial charge in [-0.15, -0.1) is 0 Å². The van der Waals surface area contributed by atoms with Crippen LogP contribution >= 0.6 is 0 Å². The highest BCUT2D eigenvalue weighted by Gasteiger charge is 2.43. The third-order valence-corrected chi connectivity index (χ3v) is 7.92. The molecule has 1 heterocycles. The van der Waals surface area contributed by atoms with Crippen molar-refractivity contribution in [1.29, 1.82) is 0 Å². The fourth-order valence-corrected chi connectivity index (χ4v) is 5.83. The normalized spacial score (nSPS) is 17.9. The van der Waals surface area contributed by atoms with Crippen molar-refractivity contribution in [2.45, 2.75) is 77.9 Å². The zero-order valence-corrected chi connectivity index (χ0v) is 25.5. The maximum Gasteiger partial charge on any atom is 0.317 e. The first-order valence-electron chi connectivity index (χ1n) is 14.9. The Bertz CT molecular complexity index is 1060. The third-order valence-electron chi connectivity index (χ3n) is 7.92. The van der Waals surface area contributed by atoms with Crippen LogP contribution in [0.5, 0.6) is 11.5 Å². The molecule has 0 aromatic heterocycles. The van der Waals surface area contributed by atoms with E-state index in [1.807, 2.05) is 55.3 Å². The number of rotatable bonds is 14. The highest BCUT2D eigenvalue weighted by Crippen LogP contribution is 2.44. The molecule has 0 unspecified atom stereocenters. The van der Waals surface area contributed by atoms with Gasteiger partial charge in [0.25, 0.3) is 0 Å². The summed E-state index contributed by atoms with van der Waals surface area (Å²) in [4.78, 5) is 15.3. The van der Waals surface area contributed by atoms with E-state index in [1.165, 1.54) is 0 Å². The van der Waals surface area contributed by atoms with E-state index < -0.39 is 5.60 Å². The SMILES string of the molecule is CNC[C@H](CC(C)C)NC(=O)N1CCC[C@@H]([C@@](O)(CCCCOC)c2cc(C)ccc2Oc2ccc(C)cc2)C1. The van der Waals surface area contributed by atoms with Crippen LogP contribution in [-0.4, -0.2) is 62.5 Å². The molecule has 2 amide bonds. The van der Waals surface area contributed by atoms with Gasteiger partial charge in [0.15, 0.2) is 0 Å². The van der Waals surface area contributed by atoms with Gasteiger partial charge in [-0.1, -0.05) is 43.2 Å². The van der Waals surface area contributed by atoms with Gasteiger partial charge in [-0.2, -0.15) is 0 Å². The van der Waals surface area contributed by atoms with E-state index in [1.54, 1.807) is 7.11 Å². The number of piperidine rings is 1. The van der Waals surface area contributed by atoms with Crippen molar-refractivity contribution in [1.82, 2.24) is 15.5 Å². The summed E-state index contributed by atoms with van der Waals surface area (Å²) >= 11 is 0. The largest absolute Gasteiger partial charge is 0.457 e. The Kier molecular flexibility index (Phi) is 12.3. The smallest absolute Gasteiger partial charge is 0.317 e. The van der Waals surface area contributed by atoms with Gasteiger partial charge in [-0.25, -0.2) is 4.79 Å². The number of methoxy groups -OCH3 is 1. The Balaban J connectivity index is 1.90. The van der Waals surface area contributed by atoms with E-state index in [2.05, 4.69) is 37.5 Å². The Morgan fingerprint density at radius 1 is 1.12 bits per heavy atom. The summed E-state index contributed by atoms with van der Waals surface area (Å²) in [5, 5.41) is 19.1. The predicted molar refractivity (Wildman–Crippen MR) is 162 cm³/mol. The number of ether oxygens (including phenoxy) is 2. The van der Waals surface area contributed by atoms with Gasteiger partial charge in [0.05, 0.1) is 5.60 Å². The third kappa shape index (κ3) is 8.95. The molecule has 1 aliphatic heterocycles. The molecular formula is C33H51N3O4. The lowest BCUT2D eigenvalue weighted by Crippen LogP contribution is -2.54. The predicted octanol–water partition coefficient (Wildman–Crippen LogP) is 6.16. The summed E-state index contributed by atoms with van der Waals surface area (Å²) in [5.74, 6) is 1.77. The van der Waals surface area contributed by atoms with E-state index in [0.717, 1.165) is 61.1 Å². The molecule has 0 spiro atoms. The van der Waals surface area contributed by atoms with E-state index in [9.17, 15) is 9.90 Å². The highest BCUT2D eigenvalue weighted by molar-refractivity contribution is 5.74. The quantitative estimate of drug-likeness (QED) is 0.244. The monoisotopic (exact) mass is 553 g/mol. The number of unbranched alkanes of at least 4 members (excludes halogenated alkanes) is 1. The number of likely N-dealkylation sites (tertiary alicyclic amines) is 1. The lowest BCUT2D eigenvalue weighted by Gasteiger charge is -2.43. The molecule has 222 valence electrons. The second kappa shape index (κ2) is 15.4. The topological polar surface area (TPSA) is 83.1 Å². The molecule has 3 N–H and O–H groups in total. The van der Waals surface area contributed by atoms with Crippen molar-refractivity contribution >= 4 is 6.03 Å². The molecular weight excluding hydrogens is 502 g/mol. The average molecular weight is 554 g/mol. The van der Waals surface area contributed by atoms with E-state index in [4.69, 9.17) is 9.47 Å². The number of carbonyl (C=O) groups is 1. The number of aryl methyl sites for hydroxylation is 2. The zero-order valence-electron chi connectivity index (χ0n) is 25.5. The molecule has 2 aromatic carbocycles. The zero-order chi connectivity index (χ0) is 29.1. The number of hydrogen-bond acceptors (Lipinski definition) is 5. The van der Waals surface area contributed by atoms with E-state index >= 15 is 0 Å². The summed E-state index contributed by atoms with van der Waals surface area (Å²) < 4.78 is 11.7. The minimum atomic E-state index is -1.15. The second-order valence-electron chi connectivity index (χ2n) is 11.9. The van der Waals surface area contributed by atoms with Crippen LogP contribution in [0.1, 0.15) is 69.1 Å². The van der Waals surface area contributed by atoms with Crippen LogP contribution in [0, 0.1) is 25.7 Å². The first kappa shape index (κ1) is 31.9. The molecule has 0 radical (unpaired) electrons. The Hall–Kier alpha value is -2.61. The van der Waals surface area contributed by atoms with Gasteiger partial charge >= 0.3 is 6.03 Å². The first-order valence-corrected chi connectivity index (χ1v) is 14.9. The Labute approximate surface area is 241 Å². The molecule has 2 aromatic rings. The average Bonchev–Trinajstić information content (AvgIpc) is 2.93. The number of likely N-dealkylation sites (N-methyl/N-ethyl adjacent to an activating group) is 1. The van der Waals surface area contributed by atoms with Crippen LogP contribution in [0.15, 0.2) is 42.5 Å². The molecule has 1 aliphatic rings. The van der Waals surface area contributed by atoms with Gasteiger partial charge in [0.2, 0.25) is 0 Å². The van der Waals surface area contributed by atoms with Crippen LogP contribution in [0.2, 0.25) is 0 Å². The number of hydrogen-bond donors (Lipinski definition) is 3. The highest BCUT2D eigenvalue weighted by atomic mass is 16.5. The van der Waals surface area contributed by atoms with Crippen LogP contribution in [0.3, 0.4) is 0 Å². The van der Waals surface area contributed by atoms with Crippen molar-refractivity contribution in [2.75, 3.05) is 40.4 Å². The van der Waals surface area contributed by atoms with Gasteiger partial charge < -0.3 is 30.1 Å². The molecule has 0 bridgehead atoms. The molecule has 40 heavy (non-hydrogen) atoms. The standard InChI is InChI=1S/C33H51N3O4/c1-24(2)20-28(22-34-5)35-32(37)36-18-9-10-27(23-36)33(38,17-7-8-19-39-6)30-21-26(4)13-16-31(30)40-29-14-11-25(3)12-15-29/h11-16,21,24,27-28,34,38H,7-10,17-20,22-23H2,1-6H3,(H,35,37)/t27-,28+,33+/m1/s1. The number of urea groups is 1. The van der Waals surface area contributed by atoms with Crippen LogP contribution < -0.4 is 15.4 Å². The number of amides is 2. The Morgan fingerprint density at radius 2 is 1.85 bits per heavy atom.